The fourth-order valence-electron chi connectivity index (χ4n) is 2.00. The molecule has 0 saturated heterocycles. The van der Waals surface area contributed by atoms with Crippen molar-refractivity contribution < 1.29 is 0 Å². The zero-order valence-corrected chi connectivity index (χ0v) is 15.9. The lowest BCUT2D eigenvalue weighted by atomic mass is 10.1. The standard InChI is InChI=1S/C16H28N4.HI/c1-5-17-16(18-6-2)19-13-15(20(3)4)12-14-10-8-7-9-11-14;/h7-11,15H,5-6,12-13H2,1-4H3,(H2,17,18,19);1H. The van der Waals surface area contributed by atoms with Crippen molar-refractivity contribution in [2.75, 3.05) is 33.7 Å². The van der Waals surface area contributed by atoms with Crippen LogP contribution in [-0.4, -0.2) is 50.6 Å². The van der Waals surface area contributed by atoms with Crippen LogP contribution in [0.25, 0.3) is 0 Å². The summed E-state index contributed by atoms with van der Waals surface area (Å²) in [6.45, 7) is 6.73. The molecule has 0 amide bonds. The Bertz CT molecular complexity index is 385. The smallest absolute Gasteiger partial charge is 0.191 e. The van der Waals surface area contributed by atoms with E-state index in [9.17, 15) is 0 Å². The largest absolute Gasteiger partial charge is 0.357 e. The molecule has 0 aromatic heterocycles. The lowest BCUT2D eigenvalue weighted by molar-refractivity contribution is 0.298. The van der Waals surface area contributed by atoms with Gasteiger partial charge in [0.05, 0.1) is 6.54 Å². The molecule has 120 valence electrons. The minimum absolute atomic E-state index is 0. The van der Waals surface area contributed by atoms with Gasteiger partial charge in [0.15, 0.2) is 5.96 Å². The summed E-state index contributed by atoms with van der Waals surface area (Å²) in [5, 5.41) is 6.52. The van der Waals surface area contributed by atoms with Crippen molar-refractivity contribution in [2.24, 2.45) is 4.99 Å². The highest BCUT2D eigenvalue weighted by Gasteiger charge is 2.12. The lowest BCUT2D eigenvalue weighted by Gasteiger charge is -2.23. The first-order valence-electron chi connectivity index (χ1n) is 7.39. The van der Waals surface area contributed by atoms with E-state index in [2.05, 4.69) is 78.8 Å². The number of nitrogens with one attached hydrogen (secondary N) is 2. The summed E-state index contributed by atoms with van der Waals surface area (Å²) >= 11 is 0. The van der Waals surface area contributed by atoms with Gasteiger partial charge in [-0.3, -0.25) is 4.99 Å². The third-order valence-electron chi connectivity index (χ3n) is 3.19. The van der Waals surface area contributed by atoms with E-state index in [1.165, 1.54) is 5.56 Å². The molecule has 0 radical (unpaired) electrons. The van der Waals surface area contributed by atoms with Crippen LogP contribution in [0.2, 0.25) is 0 Å². The van der Waals surface area contributed by atoms with Crippen LogP contribution < -0.4 is 10.6 Å². The molecule has 0 bridgehead atoms. The van der Waals surface area contributed by atoms with Gasteiger partial charge in [0.2, 0.25) is 0 Å². The third-order valence-corrected chi connectivity index (χ3v) is 3.19. The van der Waals surface area contributed by atoms with E-state index in [1.807, 2.05) is 0 Å². The number of guanidine groups is 1. The van der Waals surface area contributed by atoms with Gasteiger partial charge in [0.1, 0.15) is 0 Å². The molecule has 5 heteroatoms. The summed E-state index contributed by atoms with van der Waals surface area (Å²) in [5.41, 5.74) is 1.36. The summed E-state index contributed by atoms with van der Waals surface area (Å²) in [7, 11) is 4.23. The molecule has 1 aromatic carbocycles. The highest BCUT2D eigenvalue weighted by Crippen LogP contribution is 2.07. The van der Waals surface area contributed by atoms with Crippen LogP contribution >= 0.6 is 24.0 Å². The molecular formula is C16H29IN4. The molecule has 1 atom stereocenters. The molecule has 1 unspecified atom stereocenters. The minimum atomic E-state index is 0. The molecule has 0 fully saturated rings. The van der Waals surface area contributed by atoms with Gasteiger partial charge in [0.25, 0.3) is 0 Å². The monoisotopic (exact) mass is 404 g/mol. The van der Waals surface area contributed by atoms with E-state index in [0.717, 1.165) is 32.0 Å². The van der Waals surface area contributed by atoms with Crippen molar-refractivity contribution in [2.45, 2.75) is 26.3 Å². The van der Waals surface area contributed by atoms with E-state index in [0.29, 0.717) is 6.04 Å². The molecule has 0 saturated carbocycles. The normalized spacial score (nSPS) is 11.5. The number of benzene rings is 1. The van der Waals surface area contributed by atoms with Crippen LogP contribution in [0.15, 0.2) is 35.3 Å². The molecule has 0 aliphatic rings. The van der Waals surface area contributed by atoms with Gasteiger partial charge < -0.3 is 15.5 Å². The molecule has 0 aliphatic carbocycles. The van der Waals surface area contributed by atoms with Gasteiger partial charge in [-0.25, -0.2) is 0 Å². The molecule has 4 nitrogen and oxygen atoms in total. The number of likely N-dealkylation sites (N-methyl/N-ethyl adjacent to an activating group) is 1. The predicted molar refractivity (Wildman–Crippen MR) is 103 cm³/mol. The quantitative estimate of drug-likeness (QED) is 0.417. The van der Waals surface area contributed by atoms with Crippen LogP contribution in [0.1, 0.15) is 19.4 Å². The Morgan fingerprint density at radius 1 is 1.10 bits per heavy atom. The van der Waals surface area contributed by atoms with Crippen LogP contribution in [0, 0.1) is 0 Å². The first-order chi connectivity index (χ1) is 9.67. The zero-order valence-electron chi connectivity index (χ0n) is 13.6. The first-order valence-corrected chi connectivity index (χ1v) is 7.39. The number of halogens is 1. The van der Waals surface area contributed by atoms with Gasteiger partial charge in [-0.1, -0.05) is 30.3 Å². The minimum Gasteiger partial charge on any atom is -0.357 e. The van der Waals surface area contributed by atoms with E-state index >= 15 is 0 Å². The van der Waals surface area contributed by atoms with E-state index in [1.54, 1.807) is 0 Å². The second kappa shape index (κ2) is 11.8. The topological polar surface area (TPSA) is 39.7 Å². The van der Waals surface area contributed by atoms with Crippen molar-refractivity contribution in [1.29, 1.82) is 0 Å². The van der Waals surface area contributed by atoms with Crippen molar-refractivity contribution in [1.82, 2.24) is 15.5 Å². The number of hydrogen-bond acceptors (Lipinski definition) is 2. The number of nitrogens with zero attached hydrogens (tertiary/aromatic N) is 2. The Hall–Kier alpha value is -0.820. The lowest BCUT2D eigenvalue weighted by Crippen LogP contribution is -2.39. The average molecular weight is 404 g/mol. The molecule has 2 N–H and O–H groups in total. The highest BCUT2D eigenvalue weighted by atomic mass is 127. The first kappa shape index (κ1) is 20.2. The molecule has 1 rings (SSSR count). The predicted octanol–water partition coefficient (Wildman–Crippen LogP) is 2.35. The van der Waals surface area contributed by atoms with Crippen molar-refractivity contribution in [3.8, 4) is 0 Å². The van der Waals surface area contributed by atoms with Crippen molar-refractivity contribution >= 4 is 29.9 Å². The summed E-state index contributed by atoms with van der Waals surface area (Å²) in [6.07, 6.45) is 1.02. The van der Waals surface area contributed by atoms with Crippen molar-refractivity contribution in [3.63, 3.8) is 0 Å². The Kier molecular flexibility index (Phi) is 11.3. The molecule has 21 heavy (non-hydrogen) atoms. The fourth-order valence-corrected chi connectivity index (χ4v) is 2.00. The fraction of sp³-hybridized carbons (Fsp3) is 0.562. The Morgan fingerprint density at radius 2 is 1.67 bits per heavy atom. The summed E-state index contributed by atoms with van der Waals surface area (Å²) in [6, 6.07) is 11.0. The van der Waals surface area contributed by atoms with Crippen LogP contribution in [0.4, 0.5) is 0 Å². The maximum Gasteiger partial charge on any atom is 0.191 e. The molecular weight excluding hydrogens is 375 g/mol. The second-order valence-corrected chi connectivity index (χ2v) is 5.06. The van der Waals surface area contributed by atoms with E-state index in [4.69, 9.17) is 0 Å². The van der Waals surface area contributed by atoms with E-state index in [-0.39, 0.29) is 24.0 Å². The number of rotatable bonds is 7. The SMILES string of the molecule is CCNC(=NCC(Cc1ccccc1)N(C)C)NCC.I. The van der Waals surface area contributed by atoms with Gasteiger partial charge >= 0.3 is 0 Å². The number of aliphatic imine (C=N–C) groups is 1. The van der Waals surface area contributed by atoms with Crippen LogP contribution in [-0.2, 0) is 6.42 Å². The summed E-state index contributed by atoms with van der Waals surface area (Å²) in [5.74, 6) is 0.898. The third kappa shape index (κ3) is 8.26. The zero-order chi connectivity index (χ0) is 14.8. The van der Waals surface area contributed by atoms with Gasteiger partial charge in [-0.05, 0) is 39.9 Å². The molecule has 0 heterocycles. The maximum absolute atomic E-state index is 4.67. The van der Waals surface area contributed by atoms with Gasteiger partial charge in [-0.2, -0.15) is 0 Å². The molecule has 1 aromatic rings. The van der Waals surface area contributed by atoms with Gasteiger partial charge in [-0.15, -0.1) is 24.0 Å². The molecule has 0 spiro atoms. The average Bonchev–Trinajstić information content (AvgIpc) is 2.44. The Balaban J connectivity index is 0.00000400. The van der Waals surface area contributed by atoms with Crippen LogP contribution in [0.5, 0.6) is 0 Å². The Labute approximate surface area is 146 Å². The molecule has 0 aliphatic heterocycles. The van der Waals surface area contributed by atoms with Crippen molar-refractivity contribution in [3.05, 3.63) is 35.9 Å². The second-order valence-electron chi connectivity index (χ2n) is 5.06. The highest BCUT2D eigenvalue weighted by molar-refractivity contribution is 14.0. The maximum atomic E-state index is 4.67. The number of hydrogen-bond donors (Lipinski definition) is 2. The Morgan fingerprint density at radius 3 is 2.14 bits per heavy atom. The van der Waals surface area contributed by atoms with Crippen LogP contribution in [0.3, 0.4) is 0 Å². The summed E-state index contributed by atoms with van der Waals surface area (Å²) < 4.78 is 0. The summed E-state index contributed by atoms with van der Waals surface area (Å²) in [4.78, 5) is 6.92. The van der Waals surface area contributed by atoms with Gasteiger partial charge in [0, 0.05) is 19.1 Å². The van der Waals surface area contributed by atoms with E-state index < -0.39 is 0 Å².